The summed E-state index contributed by atoms with van der Waals surface area (Å²) in [5.74, 6) is -0.569. The predicted octanol–water partition coefficient (Wildman–Crippen LogP) is 3.38. The summed E-state index contributed by atoms with van der Waals surface area (Å²) in [6, 6.07) is 5.54. The Morgan fingerprint density at radius 3 is 2.52 bits per heavy atom. The van der Waals surface area contributed by atoms with Crippen molar-refractivity contribution in [2.45, 2.75) is 32.6 Å². The molecule has 1 saturated carbocycles. The average Bonchev–Trinajstić information content (AvgIpc) is 2.48. The van der Waals surface area contributed by atoms with Gasteiger partial charge in [-0.3, -0.25) is 9.59 Å². The second-order valence-electron chi connectivity index (χ2n) is 5.73. The molecule has 0 spiro atoms. The summed E-state index contributed by atoms with van der Waals surface area (Å²) in [4.78, 5) is 23.0. The van der Waals surface area contributed by atoms with Gasteiger partial charge >= 0.3 is 5.97 Å². The van der Waals surface area contributed by atoms with E-state index in [2.05, 4.69) is 21.2 Å². The Bertz CT molecular complexity index is 536. The molecule has 1 aliphatic carbocycles. The minimum Gasteiger partial charge on any atom is -0.481 e. The van der Waals surface area contributed by atoms with Crippen LogP contribution in [-0.4, -0.2) is 23.5 Å². The van der Waals surface area contributed by atoms with E-state index in [-0.39, 0.29) is 11.8 Å². The monoisotopic (exact) mass is 353 g/mol. The van der Waals surface area contributed by atoms with Gasteiger partial charge in [-0.05, 0) is 62.3 Å². The number of aryl methyl sites for hydroxylation is 1. The van der Waals surface area contributed by atoms with Crippen LogP contribution in [0.15, 0.2) is 22.7 Å². The number of carbonyl (C=O) groups is 2. The summed E-state index contributed by atoms with van der Waals surface area (Å²) in [6.45, 7) is 2.58. The van der Waals surface area contributed by atoms with E-state index in [1.165, 1.54) is 0 Å². The molecule has 1 aromatic rings. The van der Waals surface area contributed by atoms with Gasteiger partial charge in [0, 0.05) is 16.6 Å². The van der Waals surface area contributed by atoms with E-state index in [4.69, 9.17) is 5.11 Å². The number of amides is 1. The Kier molecular flexibility index (Phi) is 5.39. The van der Waals surface area contributed by atoms with E-state index in [1.54, 1.807) is 6.07 Å². The largest absolute Gasteiger partial charge is 0.481 e. The maximum absolute atomic E-state index is 12.1. The fourth-order valence-corrected chi connectivity index (χ4v) is 2.99. The van der Waals surface area contributed by atoms with Gasteiger partial charge in [0.1, 0.15) is 0 Å². The van der Waals surface area contributed by atoms with Crippen LogP contribution < -0.4 is 5.32 Å². The van der Waals surface area contributed by atoms with Crippen molar-refractivity contribution in [1.82, 2.24) is 5.32 Å². The number of carboxylic acid groups (broad SMARTS) is 1. The number of halogens is 1. The van der Waals surface area contributed by atoms with Crippen molar-refractivity contribution in [2.24, 2.45) is 11.8 Å². The van der Waals surface area contributed by atoms with Crippen molar-refractivity contribution >= 4 is 27.8 Å². The third-order valence-electron chi connectivity index (χ3n) is 4.17. The van der Waals surface area contributed by atoms with Crippen molar-refractivity contribution < 1.29 is 14.7 Å². The Balaban J connectivity index is 1.82. The van der Waals surface area contributed by atoms with Crippen molar-refractivity contribution in [3.8, 4) is 0 Å². The van der Waals surface area contributed by atoms with Crippen LogP contribution >= 0.6 is 15.9 Å². The van der Waals surface area contributed by atoms with Crippen LogP contribution in [-0.2, 0) is 4.79 Å². The number of rotatable bonds is 4. The molecule has 114 valence electrons. The highest BCUT2D eigenvalue weighted by atomic mass is 79.9. The second-order valence-corrected chi connectivity index (χ2v) is 6.58. The van der Waals surface area contributed by atoms with E-state index in [0.29, 0.717) is 30.9 Å². The lowest BCUT2D eigenvalue weighted by molar-refractivity contribution is -0.143. The van der Waals surface area contributed by atoms with E-state index in [1.807, 2.05) is 19.1 Å². The fourth-order valence-electron chi connectivity index (χ4n) is 2.74. The molecule has 0 aromatic heterocycles. The molecule has 0 radical (unpaired) electrons. The number of nitrogens with one attached hydrogen (secondary N) is 1. The maximum atomic E-state index is 12.1. The predicted molar refractivity (Wildman–Crippen MR) is 84.3 cm³/mol. The number of hydrogen-bond donors (Lipinski definition) is 2. The topological polar surface area (TPSA) is 66.4 Å². The first-order valence-corrected chi connectivity index (χ1v) is 8.04. The first-order chi connectivity index (χ1) is 9.97. The van der Waals surface area contributed by atoms with Crippen LogP contribution in [0.1, 0.15) is 41.6 Å². The van der Waals surface area contributed by atoms with Gasteiger partial charge in [-0.15, -0.1) is 0 Å². The Hall–Kier alpha value is -1.36. The Labute approximate surface area is 133 Å². The van der Waals surface area contributed by atoms with Crippen LogP contribution in [0.4, 0.5) is 0 Å². The summed E-state index contributed by atoms with van der Waals surface area (Å²) >= 11 is 3.42. The third-order valence-corrected chi connectivity index (χ3v) is 5.06. The molecule has 2 N–H and O–H groups in total. The van der Waals surface area contributed by atoms with Gasteiger partial charge in [0.15, 0.2) is 0 Å². The zero-order chi connectivity index (χ0) is 15.4. The highest BCUT2D eigenvalue weighted by Crippen LogP contribution is 2.28. The molecule has 0 aliphatic heterocycles. The molecule has 1 fully saturated rings. The van der Waals surface area contributed by atoms with E-state index >= 15 is 0 Å². The van der Waals surface area contributed by atoms with Gasteiger partial charge < -0.3 is 10.4 Å². The molecule has 0 bridgehead atoms. The van der Waals surface area contributed by atoms with E-state index in [0.717, 1.165) is 22.9 Å². The molecule has 1 aromatic carbocycles. The molecule has 0 unspecified atom stereocenters. The summed E-state index contributed by atoms with van der Waals surface area (Å²) in [5.41, 5.74) is 1.69. The summed E-state index contributed by atoms with van der Waals surface area (Å²) < 4.78 is 0.992. The van der Waals surface area contributed by atoms with Gasteiger partial charge in [-0.1, -0.05) is 15.9 Å². The maximum Gasteiger partial charge on any atom is 0.306 e. The van der Waals surface area contributed by atoms with Crippen LogP contribution in [0, 0.1) is 18.8 Å². The first-order valence-electron chi connectivity index (χ1n) is 7.24. The number of aliphatic carboxylic acids is 1. The van der Waals surface area contributed by atoms with Crippen LogP contribution in [0.2, 0.25) is 0 Å². The SMILES string of the molecule is Cc1cc(C(=O)NCC2CCC(C(=O)O)CC2)ccc1Br. The Morgan fingerprint density at radius 1 is 1.29 bits per heavy atom. The summed E-state index contributed by atoms with van der Waals surface area (Å²) in [6.07, 6.45) is 3.17. The molecule has 21 heavy (non-hydrogen) atoms. The van der Waals surface area contributed by atoms with E-state index in [9.17, 15) is 9.59 Å². The average molecular weight is 354 g/mol. The van der Waals surface area contributed by atoms with Gasteiger partial charge in [0.05, 0.1) is 5.92 Å². The van der Waals surface area contributed by atoms with Gasteiger partial charge in [-0.2, -0.15) is 0 Å². The van der Waals surface area contributed by atoms with Gasteiger partial charge in [-0.25, -0.2) is 0 Å². The highest BCUT2D eigenvalue weighted by molar-refractivity contribution is 9.10. The molecule has 0 atom stereocenters. The standard InChI is InChI=1S/C16H20BrNO3/c1-10-8-13(6-7-14(10)17)15(19)18-9-11-2-4-12(5-3-11)16(20)21/h6-8,11-12H,2-5,9H2,1H3,(H,18,19)(H,20,21). The Morgan fingerprint density at radius 2 is 1.95 bits per heavy atom. The fraction of sp³-hybridized carbons (Fsp3) is 0.500. The minimum absolute atomic E-state index is 0.0639. The lowest BCUT2D eigenvalue weighted by Crippen LogP contribution is -2.32. The van der Waals surface area contributed by atoms with Crippen LogP contribution in [0.25, 0.3) is 0 Å². The normalized spacial score (nSPS) is 21.8. The first kappa shape index (κ1) is 16.0. The molecule has 4 nitrogen and oxygen atoms in total. The minimum atomic E-state index is -0.692. The van der Waals surface area contributed by atoms with E-state index < -0.39 is 5.97 Å². The number of hydrogen-bond acceptors (Lipinski definition) is 2. The molecule has 5 heteroatoms. The third kappa shape index (κ3) is 4.30. The lowest BCUT2D eigenvalue weighted by atomic mass is 9.82. The molecular formula is C16H20BrNO3. The number of carboxylic acids is 1. The molecular weight excluding hydrogens is 334 g/mol. The van der Waals surface area contributed by atoms with Gasteiger partial charge in [0.2, 0.25) is 0 Å². The van der Waals surface area contributed by atoms with Crippen molar-refractivity contribution in [1.29, 1.82) is 0 Å². The zero-order valence-electron chi connectivity index (χ0n) is 12.1. The number of carbonyl (C=O) groups excluding carboxylic acids is 1. The highest BCUT2D eigenvalue weighted by Gasteiger charge is 2.26. The molecule has 1 amide bonds. The number of benzene rings is 1. The lowest BCUT2D eigenvalue weighted by Gasteiger charge is -2.26. The summed E-state index contributed by atoms with van der Waals surface area (Å²) in [5, 5.41) is 11.9. The van der Waals surface area contributed by atoms with Crippen molar-refractivity contribution in [2.75, 3.05) is 6.54 Å². The second kappa shape index (κ2) is 7.07. The molecule has 1 aliphatic rings. The molecule has 2 rings (SSSR count). The van der Waals surface area contributed by atoms with Crippen LogP contribution in [0.5, 0.6) is 0 Å². The molecule has 0 saturated heterocycles. The van der Waals surface area contributed by atoms with Crippen LogP contribution in [0.3, 0.4) is 0 Å². The zero-order valence-corrected chi connectivity index (χ0v) is 13.6. The van der Waals surface area contributed by atoms with Crippen molar-refractivity contribution in [3.63, 3.8) is 0 Å². The summed E-state index contributed by atoms with van der Waals surface area (Å²) in [7, 11) is 0. The quantitative estimate of drug-likeness (QED) is 0.871. The van der Waals surface area contributed by atoms with Crippen molar-refractivity contribution in [3.05, 3.63) is 33.8 Å². The smallest absolute Gasteiger partial charge is 0.306 e. The molecule has 0 heterocycles. The van der Waals surface area contributed by atoms with Gasteiger partial charge in [0.25, 0.3) is 5.91 Å².